The molecule has 1 aromatic rings. The van der Waals surface area contributed by atoms with E-state index in [0.717, 1.165) is 69.3 Å². The van der Waals surface area contributed by atoms with Crippen molar-refractivity contribution in [1.29, 1.82) is 0 Å². The zero-order valence-corrected chi connectivity index (χ0v) is 19.0. The molecule has 3 rings (SSSR count). The third-order valence-electron chi connectivity index (χ3n) is 5.89. The SMILES string of the molecule is CCNC(=NCc1ccc(C)cc1OCC1CCOC1)NCCCNC(=O)C1CCC1. The van der Waals surface area contributed by atoms with Crippen molar-refractivity contribution in [3.63, 3.8) is 0 Å². The molecule has 1 saturated carbocycles. The Morgan fingerprint density at radius 2 is 2.03 bits per heavy atom. The topological polar surface area (TPSA) is 84.0 Å². The quantitative estimate of drug-likeness (QED) is 0.286. The van der Waals surface area contributed by atoms with Crippen LogP contribution in [0.5, 0.6) is 5.75 Å². The van der Waals surface area contributed by atoms with Crippen LogP contribution in [0.3, 0.4) is 0 Å². The summed E-state index contributed by atoms with van der Waals surface area (Å²) < 4.78 is 11.6. The summed E-state index contributed by atoms with van der Waals surface area (Å²) in [6.07, 6.45) is 5.20. The summed E-state index contributed by atoms with van der Waals surface area (Å²) in [6.45, 7) is 9.24. The minimum Gasteiger partial charge on any atom is -0.493 e. The number of aryl methyl sites for hydroxylation is 1. The molecule has 1 unspecified atom stereocenters. The van der Waals surface area contributed by atoms with Crippen LogP contribution in [-0.2, 0) is 16.1 Å². The lowest BCUT2D eigenvalue weighted by molar-refractivity contribution is -0.127. The summed E-state index contributed by atoms with van der Waals surface area (Å²) in [4.78, 5) is 16.6. The Morgan fingerprint density at radius 3 is 2.74 bits per heavy atom. The summed E-state index contributed by atoms with van der Waals surface area (Å²) in [6, 6.07) is 6.28. The number of nitrogens with one attached hydrogen (secondary N) is 3. The first-order valence-electron chi connectivity index (χ1n) is 11.8. The molecule has 2 fully saturated rings. The van der Waals surface area contributed by atoms with E-state index >= 15 is 0 Å². The molecule has 0 aromatic heterocycles. The van der Waals surface area contributed by atoms with Gasteiger partial charge in [0.05, 0.1) is 19.8 Å². The highest BCUT2D eigenvalue weighted by molar-refractivity contribution is 5.80. The first-order chi connectivity index (χ1) is 15.2. The number of ether oxygens (including phenoxy) is 2. The second-order valence-electron chi connectivity index (χ2n) is 8.55. The first-order valence-corrected chi connectivity index (χ1v) is 11.8. The molecule has 0 bridgehead atoms. The standard InChI is InChI=1S/C24H38N4O3/c1-3-25-24(27-12-5-11-26-23(29)20-6-4-7-20)28-15-21-9-8-18(2)14-22(21)31-17-19-10-13-30-16-19/h8-9,14,19-20H,3-7,10-13,15-17H2,1-2H3,(H,26,29)(H2,25,27,28). The van der Waals surface area contributed by atoms with Gasteiger partial charge in [-0.15, -0.1) is 0 Å². The van der Waals surface area contributed by atoms with Gasteiger partial charge in [-0.2, -0.15) is 0 Å². The Labute approximate surface area is 186 Å². The maximum absolute atomic E-state index is 11.9. The maximum Gasteiger partial charge on any atom is 0.223 e. The molecular weight excluding hydrogens is 392 g/mol. The maximum atomic E-state index is 11.9. The largest absolute Gasteiger partial charge is 0.493 e. The van der Waals surface area contributed by atoms with E-state index < -0.39 is 0 Å². The molecule has 172 valence electrons. The highest BCUT2D eigenvalue weighted by atomic mass is 16.5. The van der Waals surface area contributed by atoms with Crippen molar-refractivity contribution in [3.8, 4) is 5.75 Å². The van der Waals surface area contributed by atoms with Crippen molar-refractivity contribution in [2.24, 2.45) is 16.8 Å². The highest BCUT2D eigenvalue weighted by Gasteiger charge is 2.24. The van der Waals surface area contributed by atoms with Gasteiger partial charge in [-0.1, -0.05) is 18.6 Å². The van der Waals surface area contributed by atoms with Crippen LogP contribution in [-0.4, -0.2) is 51.3 Å². The molecule has 7 heteroatoms. The molecule has 1 aliphatic heterocycles. The number of aliphatic imine (C=N–C) groups is 1. The molecule has 0 spiro atoms. The van der Waals surface area contributed by atoms with Crippen molar-refractivity contribution < 1.29 is 14.3 Å². The molecule has 2 aliphatic rings. The van der Waals surface area contributed by atoms with E-state index in [4.69, 9.17) is 14.5 Å². The van der Waals surface area contributed by atoms with Gasteiger partial charge >= 0.3 is 0 Å². The van der Waals surface area contributed by atoms with Crippen LogP contribution in [0.1, 0.15) is 50.2 Å². The van der Waals surface area contributed by atoms with Crippen LogP contribution >= 0.6 is 0 Å². The summed E-state index contributed by atoms with van der Waals surface area (Å²) in [5, 5.41) is 9.68. The van der Waals surface area contributed by atoms with Crippen molar-refractivity contribution in [2.45, 2.75) is 52.5 Å². The van der Waals surface area contributed by atoms with E-state index in [-0.39, 0.29) is 11.8 Å². The second-order valence-corrected chi connectivity index (χ2v) is 8.55. The van der Waals surface area contributed by atoms with Crippen LogP contribution in [0.25, 0.3) is 0 Å². The van der Waals surface area contributed by atoms with Gasteiger partial charge in [0.1, 0.15) is 5.75 Å². The number of hydrogen-bond acceptors (Lipinski definition) is 4. The number of benzene rings is 1. The molecule has 1 saturated heterocycles. The fraction of sp³-hybridized carbons (Fsp3) is 0.667. The fourth-order valence-electron chi connectivity index (χ4n) is 3.68. The first kappa shape index (κ1) is 23.4. The Hall–Kier alpha value is -2.28. The summed E-state index contributed by atoms with van der Waals surface area (Å²) in [5.74, 6) is 2.62. The Bertz CT molecular complexity index is 728. The Morgan fingerprint density at radius 1 is 1.19 bits per heavy atom. The zero-order valence-electron chi connectivity index (χ0n) is 19.0. The predicted octanol–water partition coefficient (Wildman–Crippen LogP) is 2.77. The van der Waals surface area contributed by atoms with E-state index in [9.17, 15) is 4.79 Å². The van der Waals surface area contributed by atoms with E-state index in [1.807, 2.05) is 0 Å². The number of carbonyl (C=O) groups is 1. The average molecular weight is 431 g/mol. The number of guanidine groups is 1. The molecule has 31 heavy (non-hydrogen) atoms. The van der Waals surface area contributed by atoms with Gasteiger partial charge in [0.15, 0.2) is 5.96 Å². The number of hydrogen-bond donors (Lipinski definition) is 3. The molecular formula is C24H38N4O3. The minimum absolute atomic E-state index is 0.211. The highest BCUT2D eigenvalue weighted by Crippen LogP contribution is 2.26. The Balaban J connectivity index is 1.46. The number of rotatable bonds is 11. The second kappa shape index (κ2) is 12.5. The van der Waals surface area contributed by atoms with Gasteiger partial charge in [-0.05, 0) is 51.2 Å². The summed E-state index contributed by atoms with van der Waals surface area (Å²) in [5.41, 5.74) is 2.26. The normalized spacial score (nSPS) is 19.0. The molecule has 1 amide bonds. The van der Waals surface area contributed by atoms with E-state index in [1.165, 1.54) is 12.0 Å². The van der Waals surface area contributed by atoms with Gasteiger partial charge in [0.2, 0.25) is 5.91 Å². The van der Waals surface area contributed by atoms with Gasteiger partial charge < -0.3 is 25.4 Å². The van der Waals surface area contributed by atoms with Crippen molar-refractivity contribution in [1.82, 2.24) is 16.0 Å². The van der Waals surface area contributed by atoms with Crippen LogP contribution < -0.4 is 20.7 Å². The third-order valence-corrected chi connectivity index (χ3v) is 5.89. The van der Waals surface area contributed by atoms with Crippen molar-refractivity contribution in [3.05, 3.63) is 29.3 Å². The molecule has 0 radical (unpaired) electrons. The number of carbonyl (C=O) groups excluding carboxylic acids is 1. The van der Waals surface area contributed by atoms with Gasteiger partial charge in [-0.3, -0.25) is 4.79 Å². The smallest absolute Gasteiger partial charge is 0.223 e. The van der Waals surface area contributed by atoms with Crippen molar-refractivity contribution >= 4 is 11.9 Å². The van der Waals surface area contributed by atoms with Crippen LogP contribution in [0.4, 0.5) is 0 Å². The van der Waals surface area contributed by atoms with Gasteiger partial charge in [0.25, 0.3) is 0 Å². The lowest BCUT2D eigenvalue weighted by Gasteiger charge is -2.24. The monoisotopic (exact) mass is 430 g/mol. The molecule has 3 N–H and O–H groups in total. The van der Waals surface area contributed by atoms with Crippen LogP contribution in [0.2, 0.25) is 0 Å². The third kappa shape index (κ3) is 7.73. The van der Waals surface area contributed by atoms with Crippen molar-refractivity contribution in [2.75, 3.05) is 39.5 Å². The minimum atomic E-state index is 0.211. The molecule has 7 nitrogen and oxygen atoms in total. The molecule has 1 atom stereocenters. The van der Waals surface area contributed by atoms with E-state index in [2.05, 4.69) is 48.0 Å². The zero-order chi connectivity index (χ0) is 21.9. The van der Waals surface area contributed by atoms with E-state index in [0.29, 0.717) is 25.6 Å². The van der Waals surface area contributed by atoms with Gasteiger partial charge in [0, 0.05) is 43.6 Å². The van der Waals surface area contributed by atoms with Crippen LogP contribution in [0.15, 0.2) is 23.2 Å². The predicted molar refractivity (Wildman–Crippen MR) is 123 cm³/mol. The van der Waals surface area contributed by atoms with Crippen LogP contribution in [0, 0.1) is 18.8 Å². The Kier molecular flexibility index (Phi) is 9.46. The molecule has 1 aliphatic carbocycles. The summed E-state index contributed by atoms with van der Waals surface area (Å²) in [7, 11) is 0. The van der Waals surface area contributed by atoms with E-state index in [1.54, 1.807) is 0 Å². The lowest BCUT2D eigenvalue weighted by Crippen LogP contribution is -2.39. The number of amides is 1. The lowest BCUT2D eigenvalue weighted by atomic mass is 9.85. The number of nitrogens with zero attached hydrogens (tertiary/aromatic N) is 1. The molecule has 1 aromatic carbocycles. The van der Waals surface area contributed by atoms with Gasteiger partial charge in [-0.25, -0.2) is 4.99 Å². The summed E-state index contributed by atoms with van der Waals surface area (Å²) >= 11 is 0. The fourth-order valence-corrected chi connectivity index (χ4v) is 3.68. The molecule has 1 heterocycles. The average Bonchev–Trinajstić information content (AvgIpc) is 3.23.